The van der Waals surface area contributed by atoms with Crippen molar-refractivity contribution in [3.63, 3.8) is 0 Å². The van der Waals surface area contributed by atoms with Crippen LogP contribution in [0.1, 0.15) is 32.1 Å². The zero-order chi connectivity index (χ0) is 15.4. The summed E-state index contributed by atoms with van der Waals surface area (Å²) in [7, 11) is 0. The predicted octanol–water partition coefficient (Wildman–Crippen LogP) is 2.27. The summed E-state index contributed by atoms with van der Waals surface area (Å²) in [6, 6.07) is 7.75. The highest BCUT2D eigenvalue weighted by Crippen LogP contribution is 2.30. The first-order chi connectivity index (χ1) is 10.7. The molecule has 5 nitrogen and oxygen atoms in total. The Morgan fingerprint density at radius 1 is 1.22 bits per heavy atom. The Bertz CT molecular complexity index is 526. The molecule has 3 N–H and O–H groups in total. The number of halogens is 1. The van der Waals surface area contributed by atoms with Crippen molar-refractivity contribution in [1.29, 1.82) is 0 Å². The smallest absolute Gasteiger partial charge is 0.220 e. The number of amides is 1. The van der Waals surface area contributed by atoms with Crippen LogP contribution in [0.15, 0.2) is 24.3 Å². The molecule has 1 fully saturated rings. The molecule has 6 heteroatoms. The fraction of sp³-hybridized carbons (Fsp3) is 0.588. The Balaban J connectivity index is 0.00000192. The van der Waals surface area contributed by atoms with Crippen molar-refractivity contribution in [2.45, 2.75) is 44.2 Å². The summed E-state index contributed by atoms with van der Waals surface area (Å²) in [5.41, 5.74) is 6.09. The van der Waals surface area contributed by atoms with E-state index in [1.54, 1.807) is 0 Å². The van der Waals surface area contributed by atoms with E-state index >= 15 is 0 Å². The molecule has 1 aromatic rings. The third-order valence-electron chi connectivity index (χ3n) is 4.51. The van der Waals surface area contributed by atoms with Gasteiger partial charge in [-0.05, 0) is 30.9 Å². The number of nitrogens with one attached hydrogen (secondary N) is 1. The number of nitrogens with two attached hydrogens (primary N) is 1. The summed E-state index contributed by atoms with van der Waals surface area (Å²) in [5, 5.41) is 2.95. The van der Waals surface area contributed by atoms with Gasteiger partial charge in [-0.1, -0.05) is 25.0 Å². The van der Waals surface area contributed by atoms with Crippen LogP contribution < -0.4 is 20.5 Å². The van der Waals surface area contributed by atoms with E-state index in [0.29, 0.717) is 25.5 Å². The van der Waals surface area contributed by atoms with E-state index in [4.69, 9.17) is 15.2 Å². The molecule has 23 heavy (non-hydrogen) atoms. The lowest BCUT2D eigenvalue weighted by Crippen LogP contribution is -2.42. The van der Waals surface area contributed by atoms with Gasteiger partial charge < -0.3 is 20.5 Å². The Kier molecular flexibility index (Phi) is 6.54. The van der Waals surface area contributed by atoms with Gasteiger partial charge in [0, 0.05) is 12.5 Å². The van der Waals surface area contributed by atoms with Crippen molar-refractivity contribution in [1.82, 2.24) is 5.32 Å². The van der Waals surface area contributed by atoms with Crippen molar-refractivity contribution in [2.75, 3.05) is 13.2 Å². The SMILES string of the molecule is Cl.NC1CCCCC1CC(=O)NCC1COc2ccccc2O1. The van der Waals surface area contributed by atoms with Gasteiger partial charge in [-0.2, -0.15) is 0 Å². The lowest BCUT2D eigenvalue weighted by Gasteiger charge is -2.29. The number of carbonyl (C=O) groups excluding carboxylic acids is 1. The zero-order valence-corrected chi connectivity index (χ0v) is 14.0. The standard InChI is InChI=1S/C17H24N2O3.ClH/c18-14-6-2-1-5-12(14)9-17(20)19-10-13-11-21-15-7-3-4-8-16(15)22-13;/h3-4,7-8,12-14H,1-2,5-6,9-11,18H2,(H,19,20);1H. The Morgan fingerprint density at radius 2 is 1.96 bits per heavy atom. The highest BCUT2D eigenvalue weighted by molar-refractivity contribution is 5.85. The molecule has 0 aromatic heterocycles. The highest BCUT2D eigenvalue weighted by Gasteiger charge is 2.25. The van der Waals surface area contributed by atoms with Crippen LogP contribution in [0.3, 0.4) is 0 Å². The van der Waals surface area contributed by atoms with Crippen molar-refractivity contribution in [2.24, 2.45) is 11.7 Å². The van der Waals surface area contributed by atoms with Gasteiger partial charge in [-0.15, -0.1) is 12.4 Å². The maximum Gasteiger partial charge on any atom is 0.220 e. The number of benzene rings is 1. The topological polar surface area (TPSA) is 73.6 Å². The average molecular weight is 341 g/mol. The van der Waals surface area contributed by atoms with Crippen LogP contribution in [0.25, 0.3) is 0 Å². The van der Waals surface area contributed by atoms with Crippen molar-refractivity contribution in [3.8, 4) is 11.5 Å². The minimum absolute atomic E-state index is 0. The molecule has 0 radical (unpaired) electrons. The minimum atomic E-state index is -0.140. The molecule has 1 amide bonds. The number of ether oxygens (including phenoxy) is 2. The summed E-state index contributed by atoms with van der Waals surface area (Å²) >= 11 is 0. The largest absolute Gasteiger partial charge is 0.486 e. The fourth-order valence-electron chi connectivity index (χ4n) is 3.19. The van der Waals surface area contributed by atoms with Gasteiger partial charge in [0.05, 0.1) is 6.54 Å². The zero-order valence-electron chi connectivity index (χ0n) is 13.2. The van der Waals surface area contributed by atoms with E-state index in [-0.39, 0.29) is 30.5 Å². The van der Waals surface area contributed by atoms with Crippen LogP contribution in [-0.4, -0.2) is 31.2 Å². The lowest BCUT2D eigenvalue weighted by atomic mass is 9.83. The molecule has 0 spiro atoms. The maximum atomic E-state index is 12.1. The summed E-state index contributed by atoms with van der Waals surface area (Å²) < 4.78 is 11.5. The van der Waals surface area contributed by atoms with Crippen LogP contribution in [0.2, 0.25) is 0 Å². The van der Waals surface area contributed by atoms with Crippen molar-refractivity contribution >= 4 is 18.3 Å². The Labute approximate surface area is 143 Å². The quantitative estimate of drug-likeness (QED) is 0.881. The molecule has 1 aromatic carbocycles. The monoisotopic (exact) mass is 340 g/mol. The molecule has 128 valence electrons. The van der Waals surface area contributed by atoms with Crippen LogP contribution >= 0.6 is 12.4 Å². The van der Waals surface area contributed by atoms with E-state index < -0.39 is 0 Å². The summed E-state index contributed by atoms with van der Waals surface area (Å²) in [6.45, 7) is 0.926. The first-order valence-corrected chi connectivity index (χ1v) is 8.13. The van der Waals surface area contributed by atoms with Gasteiger partial charge in [0.25, 0.3) is 0 Å². The second kappa shape index (κ2) is 8.41. The van der Waals surface area contributed by atoms with Crippen LogP contribution in [0.5, 0.6) is 11.5 Å². The lowest BCUT2D eigenvalue weighted by molar-refractivity contribution is -0.122. The molecule has 3 atom stereocenters. The van der Waals surface area contributed by atoms with Gasteiger partial charge in [0.15, 0.2) is 11.5 Å². The molecule has 1 aliphatic heterocycles. The van der Waals surface area contributed by atoms with E-state index in [9.17, 15) is 4.79 Å². The molecule has 1 aliphatic carbocycles. The Morgan fingerprint density at radius 3 is 2.74 bits per heavy atom. The minimum Gasteiger partial charge on any atom is -0.486 e. The van der Waals surface area contributed by atoms with Gasteiger partial charge >= 0.3 is 0 Å². The summed E-state index contributed by atoms with van der Waals surface area (Å²) in [5.74, 6) is 1.88. The van der Waals surface area contributed by atoms with Gasteiger partial charge in [-0.25, -0.2) is 0 Å². The normalized spacial score (nSPS) is 26.0. The molecule has 1 heterocycles. The molecule has 0 saturated heterocycles. The summed E-state index contributed by atoms with van der Waals surface area (Å²) in [6.07, 6.45) is 4.84. The molecular weight excluding hydrogens is 316 g/mol. The van der Waals surface area contributed by atoms with Crippen LogP contribution in [0, 0.1) is 5.92 Å². The number of rotatable bonds is 4. The van der Waals surface area contributed by atoms with Crippen LogP contribution in [0.4, 0.5) is 0 Å². The van der Waals surface area contributed by atoms with Gasteiger partial charge in [-0.3, -0.25) is 4.79 Å². The number of hydrogen-bond donors (Lipinski definition) is 2. The first kappa shape index (κ1) is 17.9. The van der Waals surface area contributed by atoms with E-state index in [0.717, 1.165) is 24.3 Å². The fourth-order valence-corrected chi connectivity index (χ4v) is 3.19. The van der Waals surface area contributed by atoms with E-state index in [1.807, 2.05) is 24.3 Å². The van der Waals surface area contributed by atoms with E-state index in [2.05, 4.69) is 5.32 Å². The number of fused-ring (bicyclic) bond motifs is 1. The molecule has 0 bridgehead atoms. The first-order valence-electron chi connectivity index (χ1n) is 8.13. The number of hydrogen-bond acceptors (Lipinski definition) is 4. The van der Waals surface area contributed by atoms with E-state index in [1.165, 1.54) is 12.8 Å². The molecular formula is C17H25ClN2O3. The molecule has 2 aliphatic rings. The highest BCUT2D eigenvalue weighted by atomic mass is 35.5. The van der Waals surface area contributed by atoms with Gasteiger partial charge in [0.2, 0.25) is 5.91 Å². The maximum absolute atomic E-state index is 12.1. The second-order valence-electron chi connectivity index (χ2n) is 6.21. The summed E-state index contributed by atoms with van der Waals surface area (Å²) in [4.78, 5) is 12.1. The van der Waals surface area contributed by atoms with Gasteiger partial charge in [0.1, 0.15) is 12.7 Å². The number of carbonyl (C=O) groups is 1. The van der Waals surface area contributed by atoms with Crippen molar-refractivity contribution < 1.29 is 14.3 Å². The van der Waals surface area contributed by atoms with Crippen molar-refractivity contribution in [3.05, 3.63) is 24.3 Å². The Hall–Kier alpha value is -1.46. The molecule has 1 saturated carbocycles. The predicted molar refractivity (Wildman–Crippen MR) is 91.2 cm³/mol. The third kappa shape index (κ3) is 4.75. The number of para-hydroxylation sites is 2. The average Bonchev–Trinajstić information content (AvgIpc) is 2.55. The molecule has 3 rings (SSSR count). The third-order valence-corrected chi connectivity index (χ3v) is 4.51. The molecule has 3 unspecified atom stereocenters. The second-order valence-corrected chi connectivity index (χ2v) is 6.21. The van der Waals surface area contributed by atoms with Crippen LogP contribution in [-0.2, 0) is 4.79 Å².